The fraction of sp³-hybridized carbons (Fsp3) is 0.143. The van der Waals surface area contributed by atoms with Crippen LogP contribution in [0.3, 0.4) is 0 Å². The Bertz CT molecular complexity index is 784. The number of nitrogens with two attached hydrogens (primary N) is 1. The summed E-state index contributed by atoms with van der Waals surface area (Å²) in [5, 5.41) is 0.880. The van der Waals surface area contributed by atoms with Crippen LogP contribution in [-0.4, -0.2) is 34.0 Å². The van der Waals surface area contributed by atoms with Gasteiger partial charge in [0.15, 0.2) is 0 Å². The maximum atomic E-state index is 5.75. The summed E-state index contributed by atoms with van der Waals surface area (Å²) in [5.74, 6) is 1.17. The first-order valence-corrected chi connectivity index (χ1v) is 6.34. The molecule has 2 aromatic heterocycles. The van der Waals surface area contributed by atoms with Gasteiger partial charge in [0, 0.05) is 25.7 Å². The number of aromatic nitrogens is 4. The molecule has 0 amide bonds. The third kappa shape index (κ3) is 2.66. The van der Waals surface area contributed by atoms with E-state index >= 15 is 0 Å². The van der Waals surface area contributed by atoms with Crippen LogP contribution in [0.4, 0.5) is 11.9 Å². The van der Waals surface area contributed by atoms with Crippen LogP contribution in [0.5, 0.6) is 11.8 Å². The molecule has 0 aliphatic carbocycles. The second-order valence-electron chi connectivity index (χ2n) is 4.60. The first kappa shape index (κ1) is 13.0. The van der Waals surface area contributed by atoms with Gasteiger partial charge < -0.3 is 15.4 Å². The molecule has 0 radical (unpaired) electrons. The van der Waals surface area contributed by atoms with E-state index in [1.807, 2.05) is 44.4 Å². The number of fused-ring (bicyclic) bond motifs is 1. The van der Waals surface area contributed by atoms with Crippen LogP contribution in [0.2, 0.25) is 0 Å². The number of benzene rings is 1. The van der Waals surface area contributed by atoms with E-state index in [1.165, 1.54) is 0 Å². The molecule has 0 spiro atoms. The number of hydrogen-bond acceptors (Lipinski definition) is 7. The molecule has 0 bridgehead atoms. The normalized spacial score (nSPS) is 10.6. The van der Waals surface area contributed by atoms with Crippen LogP contribution in [-0.2, 0) is 0 Å². The van der Waals surface area contributed by atoms with Crippen molar-refractivity contribution in [2.24, 2.45) is 0 Å². The van der Waals surface area contributed by atoms with E-state index in [-0.39, 0.29) is 12.0 Å². The average Bonchev–Trinajstić information content (AvgIpc) is 2.47. The number of anilines is 2. The summed E-state index contributed by atoms with van der Waals surface area (Å²) in [6.07, 6.45) is 1.73. The highest BCUT2D eigenvalue weighted by atomic mass is 16.5. The Labute approximate surface area is 121 Å². The van der Waals surface area contributed by atoms with Crippen LogP contribution in [0.15, 0.2) is 36.5 Å². The fourth-order valence-electron chi connectivity index (χ4n) is 1.87. The zero-order valence-electron chi connectivity index (χ0n) is 11.7. The molecule has 1 aromatic carbocycles. The fourth-order valence-corrected chi connectivity index (χ4v) is 1.87. The molecule has 21 heavy (non-hydrogen) atoms. The lowest BCUT2D eigenvalue weighted by Gasteiger charge is -2.12. The largest absolute Gasteiger partial charge is 0.423 e. The molecule has 2 N–H and O–H groups in total. The van der Waals surface area contributed by atoms with Crippen LogP contribution in [0.1, 0.15) is 0 Å². The Kier molecular flexibility index (Phi) is 3.23. The highest BCUT2D eigenvalue weighted by Gasteiger charge is 2.10. The van der Waals surface area contributed by atoms with Crippen LogP contribution in [0.25, 0.3) is 10.9 Å². The van der Waals surface area contributed by atoms with Crippen LogP contribution >= 0.6 is 0 Å². The van der Waals surface area contributed by atoms with Gasteiger partial charge in [-0.2, -0.15) is 15.0 Å². The average molecular weight is 282 g/mol. The predicted molar refractivity (Wildman–Crippen MR) is 80.4 cm³/mol. The van der Waals surface area contributed by atoms with Crippen molar-refractivity contribution in [3.63, 3.8) is 0 Å². The number of rotatable bonds is 3. The summed E-state index contributed by atoms with van der Waals surface area (Å²) < 4.78 is 5.75. The molecule has 3 rings (SSSR count). The third-order valence-electron chi connectivity index (χ3n) is 2.83. The molecule has 0 fully saturated rings. The summed E-state index contributed by atoms with van der Waals surface area (Å²) in [6.45, 7) is 0. The minimum absolute atomic E-state index is 0.113. The van der Waals surface area contributed by atoms with Gasteiger partial charge in [0.2, 0.25) is 11.9 Å². The van der Waals surface area contributed by atoms with E-state index in [4.69, 9.17) is 10.5 Å². The van der Waals surface area contributed by atoms with Crippen molar-refractivity contribution in [2.75, 3.05) is 24.7 Å². The molecular weight excluding hydrogens is 268 g/mol. The van der Waals surface area contributed by atoms with Gasteiger partial charge in [-0.25, -0.2) is 0 Å². The molecule has 0 atom stereocenters. The van der Waals surface area contributed by atoms with E-state index < -0.39 is 0 Å². The third-order valence-corrected chi connectivity index (χ3v) is 2.83. The quantitative estimate of drug-likeness (QED) is 0.784. The Balaban J connectivity index is 2.03. The maximum absolute atomic E-state index is 5.75. The lowest BCUT2D eigenvalue weighted by atomic mass is 10.2. The molecule has 106 valence electrons. The van der Waals surface area contributed by atoms with E-state index in [9.17, 15) is 0 Å². The monoisotopic (exact) mass is 282 g/mol. The first-order valence-electron chi connectivity index (χ1n) is 6.34. The van der Waals surface area contributed by atoms with E-state index in [0.29, 0.717) is 11.7 Å². The molecule has 0 aliphatic rings. The van der Waals surface area contributed by atoms with Crippen molar-refractivity contribution in [1.29, 1.82) is 0 Å². The minimum atomic E-state index is 0.113. The van der Waals surface area contributed by atoms with Gasteiger partial charge >= 0.3 is 6.01 Å². The highest BCUT2D eigenvalue weighted by molar-refractivity contribution is 5.85. The summed E-state index contributed by atoms with van der Waals surface area (Å²) in [6, 6.07) is 9.54. The van der Waals surface area contributed by atoms with E-state index in [2.05, 4.69) is 19.9 Å². The van der Waals surface area contributed by atoms with Crippen molar-refractivity contribution in [3.8, 4) is 11.8 Å². The lowest BCUT2D eigenvalue weighted by molar-refractivity contribution is 0.445. The predicted octanol–water partition coefficient (Wildman–Crippen LogP) is 1.86. The number of ether oxygens (including phenoxy) is 1. The Morgan fingerprint density at radius 1 is 1.05 bits per heavy atom. The molecular formula is C14H14N6O. The highest BCUT2D eigenvalue weighted by Crippen LogP contribution is 2.27. The number of hydrogen-bond donors (Lipinski definition) is 1. The van der Waals surface area contributed by atoms with Crippen molar-refractivity contribution in [1.82, 2.24) is 19.9 Å². The topological polar surface area (TPSA) is 90.1 Å². The van der Waals surface area contributed by atoms with Gasteiger partial charge in [-0.3, -0.25) is 4.98 Å². The number of nitrogens with zero attached hydrogens (tertiary/aromatic N) is 5. The molecule has 0 aliphatic heterocycles. The number of pyridine rings is 1. The zero-order chi connectivity index (χ0) is 14.8. The van der Waals surface area contributed by atoms with Crippen LogP contribution in [0, 0.1) is 0 Å². The first-order chi connectivity index (χ1) is 10.1. The van der Waals surface area contributed by atoms with Crippen LogP contribution < -0.4 is 15.4 Å². The molecule has 0 saturated carbocycles. The molecule has 3 aromatic rings. The molecule has 7 nitrogen and oxygen atoms in total. The molecule has 0 saturated heterocycles. The SMILES string of the molecule is CN(C)c1nc(N)nc(Oc2cccc3ncccc23)n1. The minimum Gasteiger partial charge on any atom is -0.423 e. The van der Waals surface area contributed by atoms with Gasteiger partial charge in [-0.15, -0.1) is 0 Å². The van der Waals surface area contributed by atoms with Gasteiger partial charge in [0.1, 0.15) is 5.75 Å². The van der Waals surface area contributed by atoms with Crippen molar-refractivity contribution < 1.29 is 4.74 Å². The summed E-state index contributed by atoms with van der Waals surface area (Å²) in [5.41, 5.74) is 6.52. The summed E-state index contributed by atoms with van der Waals surface area (Å²) in [4.78, 5) is 18.3. The smallest absolute Gasteiger partial charge is 0.328 e. The van der Waals surface area contributed by atoms with Gasteiger partial charge in [0.25, 0.3) is 0 Å². The van der Waals surface area contributed by atoms with Gasteiger partial charge in [0.05, 0.1) is 5.52 Å². The Morgan fingerprint density at radius 2 is 1.90 bits per heavy atom. The second kappa shape index (κ2) is 5.20. The Morgan fingerprint density at radius 3 is 2.71 bits per heavy atom. The standard InChI is InChI=1S/C14H14N6O/c1-20(2)13-17-12(15)18-14(19-13)21-11-7-3-6-10-9(11)5-4-8-16-10/h3-8H,1-2H3,(H2,15,17,18,19). The van der Waals surface area contributed by atoms with Crippen molar-refractivity contribution in [3.05, 3.63) is 36.5 Å². The summed E-state index contributed by atoms with van der Waals surface area (Å²) >= 11 is 0. The second-order valence-corrected chi connectivity index (χ2v) is 4.60. The van der Waals surface area contributed by atoms with Crippen molar-refractivity contribution in [2.45, 2.75) is 0 Å². The molecule has 2 heterocycles. The maximum Gasteiger partial charge on any atom is 0.328 e. The molecule has 7 heteroatoms. The van der Waals surface area contributed by atoms with Gasteiger partial charge in [-0.05, 0) is 24.3 Å². The lowest BCUT2D eigenvalue weighted by Crippen LogP contribution is -2.15. The zero-order valence-corrected chi connectivity index (χ0v) is 11.7. The molecule has 0 unspecified atom stereocenters. The van der Waals surface area contributed by atoms with E-state index in [1.54, 1.807) is 11.1 Å². The Hall–Kier alpha value is -2.96. The van der Waals surface area contributed by atoms with Gasteiger partial charge in [-0.1, -0.05) is 6.07 Å². The van der Waals surface area contributed by atoms with Crippen molar-refractivity contribution >= 4 is 22.8 Å². The number of nitrogen functional groups attached to an aromatic ring is 1. The summed E-state index contributed by atoms with van der Waals surface area (Å²) in [7, 11) is 3.64. The van der Waals surface area contributed by atoms with E-state index in [0.717, 1.165) is 10.9 Å².